The molecule has 2 aromatic rings. The molecule has 0 unspecified atom stereocenters. The van der Waals surface area contributed by atoms with Gasteiger partial charge in [-0.05, 0) is 43.3 Å². The summed E-state index contributed by atoms with van der Waals surface area (Å²) in [6.07, 6.45) is 0. The Morgan fingerprint density at radius 1 is 1.16 bits per heavy atom. The average molecular weight is 362 g/mol. The van der Waals surface area contributed by atoms with Gasteiger partial charge in [0.2, 0.25) is 5.91 Å². The topological polar surface area (TPSA) is 53.6 Å². The van der Waals surface area contributed by atoms with E-state index < -0.39 is 0 Å². The number of rotatable bonds is 5. The van der Waals surface area contributed by atoms with Gasteiger partial charge in [0.1, 0.15) is 11.5 Å². The second-order valence-corrected chi connectivity index (χ2v) is 6.01. The van der Waals surface area contributed by atoms with Crippen LogP contribution in [0.25, 0.3) is 0 Å². The number of ether oxygens (including phenoxy) is 1. The van der Waals surface area contributed by atoms with Crippen LogP contribution < -0.4 is 15.4 Å². The summed E-state index contributed by atoms with van der Waals surface area (Å²) in [5.74, 6) is 1.55. The van der Waals surface area contributed by atoms with E-state index in [1.54, 1.807) is 0 Å². The third-order valence-electron chi connectivity index (χ3n) is 4.10. The van der Waals surface area contributed by atoms with Crippen LogP contribution in [-0.2, 0) is 4.79 Å². The van der Waals surface area contributed by atoms with Gasteiger partial charge in [-0.1, -0.05) is 18.2 Å². The number of hydrogen-bond acceptors (Lipinski definition) is 4. The van der Waals surface area contributed by atoms with Crippen molar-refractivity contribution in [2.75, 3.05) is 31.5 Å². The highest BCUT2D eigenvalue weighted by Crippen LogP contribution is 2.22. The zero-order valence-corrected chi connectivity index (χ0v) is 15.1. The van der Waals surface area contributed by atoms with E-state index in [-0.39, 0.29) is 18.3 Å². The number of benzene rings is 2. The molecule has 0 spiro atoms. The molecule has 0 aliphatic carbocycles. The normalized spacial score (nSPS) is 17.4. The molecule has 1 saturated heterocycles. The van der Waals surface area contributed by atoms with Crippen LogP contribution >= 0.6 is 12.4 Å². The minimum Gasteiger partial charge on any atom is -0.457 e. The minimum absolute atomic E-state index is 0. The number of halogens is 1. The largest absolute Gasteiger partial charge is 0.457 e. The van der Waals surface area contributed by atoms with Crippen LogP contribution in [0.15, 0.2) is 54.6 Å². The van der Waals surface area contributed by atoms with Crippen molar-refractivity contribution in [2.45, 2.75) is 13.0 Å². The monoisotopic (exact) mass is 361 g/mol. The van der Waals surface area contributed by atoms with E-state index >= 15 is 0 Å². The molecule has 1 heterocycles. The fraction of sp³-hybridized carbons (Fsp3) is 0.316. The van der Waals surface area contributed by atoms with Crippen LogP contribution in [0.4, 0.5) is 5.69 Å². The number of carbonyl (C=O) groups excluding carboxylic acids is 1. The number of piperazine rings is 1. The zero-order chi connectivity index (χ0) is 16.8. The van der Waals surface area contributed by atoms with Crippen molar-refractivity contribution < 1.29 is 9.53 Å². The number of hydrogen-bond donors (Lipinski definition) is 2. The number of amides is 1. The lowest BCUT2D eigenvalue weighted by atomic mass is 10.2. The van der Waals surface area contributed by atoms with E-state index in [0.717, 1.165) is 36.8 Å². The molecule has 6 heteroatoms. The quantitative estimate of drug-likeness (QED) is 0.859. The number of carbonyl (C=O) groups is 1. The Bertz CT molecular complexity index is 664. The molecule has 1 aliphatic heterocycles. The fourth-order valence-corrected chi connectivity index (χ4v) is 2.73. The summed E-state index contributed by atoms with van der Waals surface area (Å²) < 4.78 is 5.75. The molecule has 2 N–H and O–H groups in total. The van der Waals surface area contributed by atoms with Crippen LogP contribution in [-0.4, -0.2) is 43.0 Å². The molecule has 5 nitrogen and oxygen atoms in total. The maximum Gasteiger partial charge on any atom is 0.238 e. The Morgan fingerprint density at radius 3 is 2.52 bits per heavy atom. The molecular weight excluding hydrogens is 338 g/mol. The van der Waals surface area contributed by atoms with Crippen molar-refractivity contribution in [3.63, 3.8) is 0 Å². The first-order valence-corrected chi connectivity index (χ1v) is 8.28. The van der Waals surface area contributed by atoms with Gasteiger partial charge in [-0.2, -0.15) is 0 Å². The predicted molar refractivity (Wildman–Crippen MR) is 103 cm³/mol. The summed E-state index contributed by atoms with van der Waals surface area (Å²) in [5.41, 5.74) is 0.781. The third kappa shape index (κ3) is 5.74. The molecule has 0 saturated carbocycles. The number of anilines is 1. The Labute approximate surface area is 154 Å². The van der Waals surface area contributed by atoms with Gasteiger partial charge in [0.25, 0.3) is 0 Å². The van der Waals surface area contributed by atoms with Gasteiger partial charge in [-0.25, -0.2) is 0 Å². The van der Waals surface area contributed by atoms with Crippen LogP contribution in [0.5, 0.6) is 11.5 Å². The first-order valence-electron chi connectivity index (χ1n) is 8.28. The van der Waals surface area contributed by atoms with Gasteiger partial charge >= 0.3 is 0 Å². The van der Waals surface area contributed by atoms with E-state index in [2.05, 4.69) is 22.5 Å². The summed E-state index contributed by atoms with van der Waals surface area (Å²) in [6.45, 7) is 5.32. The molecule has 3 rings (SSSR count). The third-order valence-corrected chi connectivity index (χ3v) is 4.10. The second kappa shape index (κ2) is 9.42. The zero-order valence-electron chi connectivity index (χ0n) is 14.3. The van der Waals surface area contributed by atoms with Crippen molar-refractivity contribution >= 4 is 24.0 Å². The molecule has 0 aromatic heterocycles. The van der Waals surface area contributed by atoms with E-state index in [4.69, 9.17) is 4.74 Å². The Hall–Kier alpha value is -2.08. The maximum absolute atomic E-state index is 12.2. The summed E-state index contributed by atoms with van der Waals surface area (Å²) in [4.78, 5) is 14.4. The first kappa shape index (κ1) is 19.2. The Balaban J connectivity index is 0.00000225. The van der Waals surface area contributed by atoms with E-state index in [9.17, 15) is 4.79 Å². The molecule has 1 aliphatic rings. The molecular formula is C19H24ClN3O2. The molecule has 25 heavy (non-hydrogen) atoms. The minimum atomic E-state index is 0. The second-order valence-electron chi connectivity index (χ2n) is 6.01. The van der Waals surface area contributed by atoms with Crippen molar-refractivity contribution in [1.29, 1.82) is 0 Å². The summed E-state index contributed by atoms with van der Waals surface area (Å²) in [6, 6.07) is 17.4. The van der Waals surface area contributed by atoms with E-state index in [1.165, 1.54) is 0 Å². The molecule has 0 bridgehead atoms. The summed E-state index contributed by atoms with van der Waals surface area (Å²) >= 11 is 0. The fourth-order valence-electron chi connectivity index (χ4n) is 2.73. The van der Waals surface area contributed by atoms with E-state index in [0.29, 0.717) is 12.6 Å². The molecule has 1 fully saturated rings. The van der Waals surface area contributed by atoms with Crippen LogP contribution in [0, 0.1) is 0 Å². The highest BCUT2D eigenvalue weighted by Gasteiger charge is 2.20. The highest BCUT2D eigenvalue weighted by atomic mass is 35.5. The van der Waals surface area contributed by atoms with Crippen LogP contribution in [0.3, 0.4) is 0 Å². The van der Waals surface area contributed by atoms with Gasteiger partial charge in [0.05, 0.1) is 6.54 Å². The van der Waals surface area contributed by atoms with Crippen molar-refractivity contribution in [2.24, 2.45) is 0 Å². The molecule has 134 valence electrons. The molecule has 1 atom stereocenters. The lowest BCUT2D eigenvalue weighted by molar-refractivity contribution is -0.118. The SMILES string of the molecule is C[C@H]1CNCCN1CC(=O)Nc1ccc(Oc2ccccc2)cc1.Cl. The van der Waals surface area contributed by atoms with Gasteiger partial charge < -0.3 is 15.4 Å². The summed E-state index contributed by atoms with van der Waals surface area (Å²) in [5, 5.41) is 6.27. The lowest BCUT2D eigenvalue weighted by Crippen LogP contribution is -2.51. The van der Waals surface area contributed by atoms with Crippen molar-refractivity contribution in [3.05, 3.63) is 54.6 Å². The van der Waals surface area contributed by atoms with Gasteiger partial charge in [-0.15, -0.1) is 12.4 Å². The first-order chi connectivity index (χ1) is 11.7. The molecule has 2 aromatic carbocycles. The highest BCUT2D eigenvalue weighted by molar-refractivity contribution is 5.92. The summed E-state index contributed by atoms with van der Waals surface area (Å²) in [7, 11) is 0. The van der Waals surface area contributed by atoms with Crippen molar-refractivity contribution in [1.82, 2.24) is 10.2 Å². The molecule has 1 amide bonds. The van der Waals surface area contributed by atoms with Gasteiger partial charge in [0, 0.05) is 31.4 Å². The predicted octanol–water partition coefficient (Wildman–Crippen LogP) is 3.13. The number of nitrogens with one attached hydrogen (secondary N) is 2. The maximum atomic E-state index is 12.2. The number of para-hydroxylation sites is 1. The molecule has 0 radical (unpaired) electrons. The van der Waals surface area contributed by atoms with Crippen LogP contribution in [0.2, 0.25) is 0 Å². The average Bonchev–Trinajstić information content (AvgIpc) is 2.60. The van der Waals surface area contributed by atoms with Gasteiger partial charge in [0.15, 0.2) is 0 Å². The number of nitrogens with zero attached hydrogens (tertiary/aromatic N) is 1. The van der Waals surface area contributed by atoms with Gasteiger partial charge in [-0.3, -0.25) is 9.69 Å². The van der Waals surface area contributed by atoms with Crippen LogP contribution in [0.1, 0.15) is 6.92 Å². The lowest BCUT2D eigenvalue weighted by Gasteiger charge is -2.33. The smallest absolute Gasteiger partial charge is 0.238 e. The van der Waals surface area contributed by atoms with Crippen molar-refractivity contribution in [3.8, 4) is 11.5 Å². The Morgan fingerprint density at radius 2 is 1.84 bits per heavy atom. The van der Waals surface area contributed by atoms with E-state index in [1.807, 2.05) is 54.6 Å². The Kier molecular flexibility index (Phi) is 7.25. The standard InChI is InChI=1S/C19H23N3O2.ClH/c1-15-13-20-11-12-22(15)14-19(23)21-16-7-9-18(10-8-16)24-17-5-3-2-4-6-17;/h2-10,15,20H,11-14H2,1H3,(H,21,23);1H/t15-;/m0./s1.